The number of aromatic nitrogens is 2. The van der Waals surface area contributed by atoms with Crippen molar-refractivity contribution in [3.8, 4) is 11.1 Å². The molecule has 19 heteroatoms. The zero-order valence-electron chi connectivity index (χ0n) is 35.4. The normalized spacial score (nSPS) is 18.0. The number of ketones is 1. The lowest BCUT2D eigenvalue weighted by Gasteiger charge is -2.41. The first kappa shape index (κ1) is 44.2. The number of rotatable bonds is 13. The van der Waals surface area contributed by atoms with Gasteiger partial charge in [-0.05, 0) is 73.4 Å². The van der Waals surface area contributed by atoms with Crippen LogP contribution in [0.3, 0.4) is 0 Å². The van der Waals surface area contributed by atoms with E-state index in [4.69, 9.17) is 0 Å². The highest BCUT2D eigenvalue weighted by molar-refractivity contribution is 7.90. The lowest BCUT2D eigenvalue weighted by Crippen LogP contribution is -2.52. The maximum Gasteiger partial charge on any atom is 0.301 e. The van der Waals surface area contributed by atoms with Crippen LogP contribution in [0.15, 0.2) is 79.1 Å². The molecule has 2 aromatic heterocycles. The number of hydrogen-bond donors (Lipinski definition) is 5. The van der Waals surface area contributed by atoms with Gasteiger partial charge in [0.15, 0.2) is 11.6 Å². The second-order valence-corrected chi connectivity index (χ2v) is 18.2. The van der Waals surface area contributed by atoms with Crippen molar-refractivity contribution in [2.75, 3.05) is 72.7 Å². The van der Waals surface area contributed by atoms with E-state index in [0.29, 0.717) is 80.9 Å². The van der Waals surface area contributed by atoms with Crippen LogP contribution in [0.5, 0.6) is 0 Å². The van der Waals surface area contributed by atoms with Crippen molar-refractivity contribution in [3.63, 3.8) is 0 Å². The number of anilines is 4. The highest BCUT2D eigenvalue weighted by Crippen LogP contribution is 2.33. The molecule has 64 heavy (non-hydrogen) atoms. The Morgan fingerprint density at radius 2 is 1.67 bits per heavy atom. The summed E-state index contributed by atoms with van der Waals surface area (Å²) in [6.45, 7) is 4.65. The molecule has 5 N–H and O–H groups in total. The second-order valence-electron chi connectivity index (χ2n) is 16.5. The molecule has 0 spiro atoms. The Morgan fingerprint density at radius 1 is 0.938 bits per heavy atom. The summed E-state index contributed by atoms with van der Waals surface area (Å²) < 4.78 is 59.2. The van der Waals surface area contributed by atoms with E-state index in [-0.39, 0.29) is 48.0 Å². The smallest absolute Gasteiger partial charge is 0.301 e. The number of amides is 3. The van der Waals surface area contributed by atoms with Crippen molar-refractivity contribution in [1.82, 2.24) is 24.5 Å². The molecule has 3 aliphatic heterocycles. The summed E-state index contributed by atoms with van der Waals surface area (Å²) >= 11 is 0. The van der Waals surface area contributed by atoms with Gasteiger partial charge in [0.05, 0.1) is 29.0 Å². The number of aliphatic hydroxyl groups is 1. The van der Waals surface area contributed by atoms with Crippen LogP contribution < -0.4 is 25.2 Å². The maximum atomic E-state index is 15.6. The van der Waals surface area contributed by atoms with Crippen LogP contribution in [0, 0.1) is 11.6 Å². The minimum absolute atomic E-state index is 0.0284. The zero-order chi connectivity index (χ0) is 45.3. The van der Waals surface area contributed by atoms with Crippen LogP contribution >= 0.6 is 0 Å². The van der Waals surface area contributed by atoms with Crippen molar-refractivity contribution in [2.24, 2.45) is 0 Å². The Hall–Kier alpha value is -6.44. The predicted octanol–water partition coefficient (Wildman–Crippen LogP) is 4.63. The van der Waals surface area contributed by atoms with E-state index < -0.39 is 45.2 Å². The number of H-pyrrole nitrogens is 1. The molecule has 0 bridgehead atoms. The van der Waals surface area contributed by atoms with Crippen molar-refractivity contribution in [2.45, 2.75) is 50.7 Å². The van der Waals surface area contributed by atoms with Crippen molar-refractivity contribution < 1.29 is 41.5 Å². The van der Waals surface area contributed by atoms with Gasteiger partial charge in [0, 0.05) is 99.6 Å². The number of aromatic amines is 1. The SMILES string of the molecule is CCN(C)S(=O)(=O)Nc1cccc(C(=O)c2c[nH]c3ncc(-c4ccc(N5CCN(C(=O)CC6(O)CCN(c7ccc(NC8CCC(=O)NC8=O)cc7F)CC6)CC5)cc4)cc23)c1F. The Balaban J connectivity index is 0.842. The average Bonchev–Trinajstić information content (AvgIpc) is 3.71. The van der Waals surface area contributed by atoms with Crippen LogP contribution in [0.1, 0.15) is 54.9 Å². The van der Waals surface area contributed by atoms with E-state index in [9.17, 15) is 32.7 Å². The first-order valence-electron chi connectivity index (χ1n) is 21.2. The summed E-state index contributed by atoms with van der Waals surface area (Å²) in [6, 6.07) is 17.6. The highest BCUT2D eigenvalue weighted by atomic mass is 32.2. The number of carbonyl (C=O) groups is 4. The number of nitrogens with zero attached hydrogens (tertiary/aromatic N) is 5. The Kier molecular flexibility index (Phi) is 12.4. The molecule has 1 atom stereocenters. The van der Waals surface area contributed by atoms with Gasteiger partial charge in [-0.3, -0.25) is 29.2 Å². The van der Waals surface area contributed by atoms with E-state index in [2.05, 4.69) is 30.2 Å². The first-order valence-corrected chi connectivity index (χ1v) is 22.6. The van der Waals surface area contributed by atoms with Gasteiger partial charge in [-0.15, -0.1) is 0 Å². The summed E-state index contributed by atoms with van der Waals surface area (Å²) in [6.07, 6.45) is 4.22. The van der Waals surface area contributed by atoms with Gasteiger partial charge in [-0.1, -0.05) is 25.1 Å². The number of piperazine rings is 1. The number of piperidine rings is 2. The Morgan fingerprint density at radius 3 is 2.36 bits per heavy atom. The number of carbonyl (C=O) groups excluding carboxylic acids is 4. The predicted molar refractivity (Wildman–Crippen MR) is 238 cm³/mol. The monoisotopic (exact) mass is 897 g/mol. The molecule has 3 aliphatic rings. The lowest BCUT2D eigenvalue weighted by molar-refractivity contribution is -0.138. The number of fused-ring (bicyclic) bond motifs is 1. The van der Waals surface area contributed by atoms with E-state index >= 15 is 8.78 Å². The molecule has 1 unspecified atom stereocenters. The number of imide groups is 1. The summed E-state index contributed by atoms with van der Waals surface area (Å²) in [5, 5.41) is 17.2. The van der Waals surface area contributed by atoms with Crippen LogP contribution in [0.2, 0.25) is 0 Å². The summed E-state index contributed by atoms with van der Waals surface area (Å²) in [4.78, 5) is 64.0. The molecule has 5 heterocycles. The van der Waals surface area contributed by atoms with Gasteiger partial charge in [0.25, 0.3) is 0 Å². The molecule has 3 saturated heterocycles. The number of hydrogen-bond acceptors (Lipinski definition) is 11. The van der Waals surface area contributed by atoms with E-state index in [1.165, 1.54) is 37.5 Å². The molecule has 3 fully saturated rings. The molecule has 336 valence electrons. The van der Waals surface area contributed by atoms with Crippen LogP contribution in [-0.4, -0.2) is 121 Å². The van der Waals surface area contributed by atoms with Gasteiger partial charge in [-0.25, -0.2) is 13.8 Å². The number of pyridine rings is 1. The molecule has 16 nitrogen and oxygen atoms in total. The fourth-order valence-corrected chi connectivity index (χ4v) is 9.30. The van der Waals surface area contributed by atoms with Crippen molar-refractivity contribution in [1.29, 1.82) is 0 Å². The molecule has 3 aromatic carbocycles. The third-order valence-corrected chi connectivity index (χ3v) is 13.9. The molecule has 0 aliphatic carbocycles. The van der Waals surface area contributed by atoms with Crippen LogP contribution in [-0.2, 0) is 24.6 Å². The van der Waals surface area contributed by atoms with E-state index in [1.54, 1.807) is 36.2 Å². The van der Waals surface area contributed by atoms with Crippen molar-refractivity contribution in [3.05, 3.63) is 102 Å². The molecule has 3 amide bonds. The second kappa shape index (κ2) is 18.0. The minimum Gasteiger partial charge on any atom is -0.389 e. The van der Waals surface area contributed by atoms with Gasteiger partial charge in [0.1, 0.15) is 17.5 Å². The molecular weight excluding hydrogens is 849 g/mol. The zero-order valence-corrected chi connectivity index (χ0v) is 36.2. The molecular formula is C45H49F2N9O7S. The Bertz CT molecular complexity index is 2720. The fourth-order valence-electron chi connectivity index (χ4n) is 8.37. The van der Waals surface area contributed by atoms with Crippen LogP contribution in [0.4, 0.5) is 31.5 Å². The summed E-state index contributed by atoms with van der Waals surface area (Å²) in [5.41, 5.74) is 2.05. The molecule has 0 radical (unpaired) electrons. The standard InChI is InChI=1S/C45H49F2N9O7S/c1-3-53(2)64(62,63)52-36-6-4-5-32(41(36)47)42(59)34-27-49-43-33(34)23-29(26-48-43)28-7-10-31(11-8-28)54-19-21-56(22-20-54)40(58)25-45(61)15-17-55(18-16-45)38-13-9-30(24-35(38)46)50-37-12-14-39(57)51-44(37)60/h4-11,13,23-24,26-27,37,50,52,61H,3,12,14-22,25H2,1-2H3,(H,48,49)(H,51,57,60). The fraction of sp³-hybridized carbons (Fsp3) is 0.356. The number of benzene rings is 3. The maximum absolute atomic E-state index is 15.6. The summed E-state index contributed by atoms with van der Waals surface area (Å²) in [5.74, 6) is -3.01. The Labute approximate surface area is 368 Å². The van der Waals surface area contributed by atoms with Gasteiger partial charge >= 0.3 is 10.2 Å². The first-order chi connectivity index (χ1) is 30.6. The molecule has 0 saturated carbocycles. The quantitative estimate of drug-likeness (QED) is 0.0816. The topological polar surface area (TPSA) is 200 Å². The minimum atomic E-state index is -4.02. The van der Waals surface area contributed by atoms with Gasteiger partial charge < -0.3 is 30.1 Å². The highest BCUT2D eigenvalue weighted by Gasteiger charge is 2.37. The number of halogens is 2. The van der Waals surface area contributed by atoms with Gasteiger partial charge in [0.2, 0.25) is 17.7 Å². The van der Waals surface area contributed by atoms with E-state index in [1.807, 2.05) is 29.2 Å². The molecule has 5 aromatic rings. The largest absolute Gasteiger partial charge is 0.389 e. The lowest BCUT2D eigenvalue weighted by atomic mass is 9.87. The summed E-state index contributed by atoms with van der Waals surface area (Å²) in [7, 11) is -2.67. The molecule has 8 rings (SSSR count). The van der Waals surface area contributed by atoms with E-state index in [0.717, 1.165) is 21.1 Å². The van der Waals surface area contributed by atoms with Crippen LogP contribution in [0.25, 0.3) is 22.2 Å². The average molecular weight is 898 g/mol. The third kappa shape index (κ3) is 9.27. The number of nitrogens with one attached hydrogen (secondary N) is 4. The van der Waals surface area contributed by atoms with Gasteiger partial charge in [-0.2, -0.15) is 12.7 Å². The van der Waals surface area contributed by atoms with Crippen molar-refractivity contribution >= 4 is 67.5 Å². The third-order valence-electron chi connectivity index (χ3n) is 12.4.